The molecule has 0 saturated heterocycles. The lowest BCUT2D eigenvalue weighted by atomic mass is 9.62. The molecule has 4 aromatic rings. The lowest BCUT2D eigenvalue weighted by Gasteiger charge is -2.39. The van der Waals surface area contributed by atoms with Crippen molar-refractivity contribution < 1.29 is 4.79 Å². The summed E-state index contributed by atoms with van der Waals surface area (Å²) in [7, 11) is 0. The molecular formula is C29H22N2O. The van der Waals surface area contributed by atoms with Crippen LogP contribution in [0, 0.1) is 5.92 Å². The number of aromatic nitrogens is 2. The van der Waals surface area contributed by atoms with E-state index in [-0.39, 0.29) is 5.78 Å². The van der Waals surface area contributed by atoms with E-state index in [0.29, 0.717) is 5.57 Å². The third-order valence-corrected chi connectivity index (χ3v) is 6.03. The van der Waals surface area contributed by atoms with Crippen molar-refractivity contribution in [2.75, 3.05) is 0 Å². The average Bonchev–Trinajstić information content (AvgIpc) is 2.88. The molecule has 154 valence electrons. The van der Waals surface area contributed by atoms with E-state index in [1.54, 1.807) is 12.4 Å². The van der Waals surface area contributed by atoms with Crippen LogP contribution in [0.15, 0.2) is 128 Å². The van der Waals surface area contributed by atoms with Crippen molar-refractivity contribution in [1.29, 1.82) is 0 Å². The van der Waals surface area contributed by atoms with Gasteiger partial charge in [-0.25, -0.2) is 0 Å². The molecule has 0 radical (unpaired) electrons. The van der Waals surface area contributed by atoms with E-state index in [0.717, 1.165) is 22.5 Å². The molecule has 0 bridgehead atoms. The van der Waals surface area contributed by atoms with Gasteiger partial charge in [-0.2, -0.15) is 0 Å². The van der Waals surface area contributed by atoms with Crippen LogP contribution in [0.3, 0.4) is 0 Å². The Labute approximate surface area is 187 Å². The van der Waals surface area contributed by atoms with Gasteiger partial charge in [0.05, 0.1) is 22.7 Å². The average molecular weight is 415 g/mol. The molecule has 0 aliphatic heterocycles. The SMILES string of the molecule is O=C1C(c2ccccc2)=CC=CC1C(c1ccccc1)(c1ccccn1)c1ccccn1. The van der Waals surface area contributed by atoms with Crippen LogP contribution in [-0.4, -0.2) is 15.8 Å². The van der Waals surface area contributed by atoms with Crippen molar-refractivity contribution in [2.45, 2.75) is 5.41 Å². The molecule has 1 unspecified atom stereocenters. The van der Waals surface area contributed by atoms with Gasteiger partial charge in [0.2, 0.25) is 0 Å². The Balaban J connectivity index is 1.79. The van der Waals surface area contributed by atoms with Gasteiger partial charge in [-0.3, -0.25) is 14.8 Å². The van der Waals surface area contributed by atoms with Crippen molar-refractivity contribution in [2.24, 2.45) is 5.92 Å². The van der Waals surface area contributed by atoms with Crippen molar-refractivity contribution in [3.05, 3.63) is 150 Å². The number of Topliss-reactive ketones (excluding diaryl/α,β-unsaturated/α-hetero) is 1. The Morgan fingerprint density at radius 3 is 1.78 bits per heavy atom. The van der Waals surface area contributed by atoms with Gasteiger partial charge >= 0.3 is 0 Å². The molecule has 2 heterocycles. The third-order valence-electron chi connectivity index (χ3n) is 6.03. The first-order chi connectivity index (χ1) is 15.8. The number of hydrogen-bond acceptors (Lipinski definition) is 3. The zero-order valence-corrected chi connectivity index (χ0v) is 17.5. The highest BCUT2D eigenvalue weighted by Crippen LogP contribution is 2.47. The van der Waals surface area contributed by atoms with E-state index in [1.807, 2.05) is 103 Å². The van der Waals surface area contributed by atoms with Gasteiger partial charge in [-0.1, -0.05) is 91.0 Å². The van der Waals surface area contributed by atoms with Crippen molar-refractivity contribution in [1.82, 2.24) is 9.97 Å². The Kier molecular flexibility index (Phi) is 5.30. The maximum absolute atomic E-state index is 14.1. The van der Waals surface area contributed by atoms with Crippen molar-refractivity contribution >= 4 is 11.4 Å². The molecule has 0 spiro atoms. The number of benzene rings is 2. The zero-order valence-electron chi connectivity index (χ0n) is 17.5. The number of allylic oxidation sites excluding steroid dienone is 4. The van der Waals surface area contributed by atoms with Crippen LogP contribution >= 0.6 is 0 Å². The highest BCUT2D eigenvalue weighted by molar-refractivity contribution is 6.24. The van der Waals surface area contributed by atoms with E-state index in [9.17, 15) is 4.79 Å². The maximum Gasteiger partial charge on any atom is 0.172 e. The number of rotatable bonds is 5. The lowest BCUT2D eigenvalue weighted by Crippen LogP contribution is -2.43. The fourth-order valence-corrected chi connectivity index (χ4v) is 4.62. The van der Waals surface area contributed by atoms with Crippen LogP contribution in [0.2, 0.25) is 0 Å². The Bertz CT molecular complexity index is 1170. The summed E-state index contributed by atoms with van der Waals surface area (Å²) in [5, 5.41) is 0. The Morgan fingerprint density at radius 2 is 1.22 bits per heavy atom. The maximum atomic E-state index is 14.1. The monoisotopic (exact) mass is 414 g/mol. The Morgan fingerprint density at radius 1 is 0.656 bits per heavy atom. The third kappa shape index (κ3) is 3.28. The van der Waals surface area contributed by atoms with Gasteiger partial charge < -0.3 is 0 Å². The quantitative estimate of drug-likeness (QED) is 0.424. The van der Waals surface area contributed by atoms with E-state index in [1.165, 1.54) is 0 Å². The minimum atomic E-state index is -0.869. The van der Waals surface area contributed by atoms with E-state index in [4.69, 9.17) is 9.97 Å². The van der Waals surface area contributed by atoms with Gasteiger partial charge in [0.1, 0.15) is 0 Å². The van der Waals surface area contributed by atoms with Crippen LogP contribution in [0.4, 0.5) is 0 Å². The second-order valence-electron chi connectivity index (χ2n) is 7.78. The number of hydrogen-bond donors (Lipinski definition) is 0. The molecule has 32 heavy (non-hydrogen) atoms. The van der Waals surface area contributed by atoms with E-state index < -0.39 is 11.3 Å². The molecule has 0 amide bonds. The molecule has 1 atom stereocenters. The summed E-state index contributed by atoms with van der Waals surface area (Å²) in [6.07, 6.45) is 9.44. The molecule has 0 N–H and O–H groups in total. The van der Waals surface area contributed by atoms with Gasteiger partial charge in [-0.05, 0) is 35.4 Å². The summed E-state index contributed by atoms with van der Waals surface area (Å²) < 4.78 is 0. The number of ketones is 1. The van der Waals surface area contributed by atoms with Crippen LogP contribution in [-0.2, 0) is 10.2 Å². The fourth-order valence-electron chi connectivity index (χ4n) is 4.62. The predicted molar refractivity (Wildman–Crippen MR) is 127 cm³/mol. The summed E-state index contributed by atoms with van der Waals surface area (Å²) >= 11 is 0. The number of carbonyl (C=O) groups excluding carboxylic acids is 1. The largest absolute Gasteiger partial charge is 0.293 e. The number of carbonyl (C=O) groups is 1. The molecule has 2 aromatic heterocycles. The van der Waals surface area contributed by atoms with Gasteiger partial charge in [0.15, 0.2) is 5.78 Å². The second-order valence-corrected chi connectivity index (χ2v) is 7.78. The van der Waals surface area contributed by atoms with Crippen LogP contribution in [0.5, 0.6) is 0 Å². The fraction of sp³-hybridized carbons (Fsp3) is 0.0690. The molecule has 5 rings (SSSR count). The topological polar surface area (TPSA) is 42.9 Å². The molecule has 1 aliphatic rings. The van der Waals surface area contributed by atoms with Crippen molar-refractivity contribution in [3.8, 4) is 0 Å². The predicted octanol–water partition coefficient (Wildman–Crippen LogP) is 5.65. The molecule has 0 saturated carbocycles. The van der Waals surface area contributed by atoms with E-state index in [2.05, 4.69) is 12.1 Å². The summed E-state index contributed by atoms with van der Waals surface area (Å²) in [6.45, 7) is 0. The summed E-state index contributed by atoms with van der Waals surface area (Å²) in [5.41, 5.74) is 3.31. The molecule has 1 aliphatic carbocycles. The standard InChI is InChI=1S/C29H22N2O/c32-28-24(22-12-3-1-4-13-22)16-11-17-25(28)29(23-14-5-2-6-15-23,26-18-7-9-20-30-26)27-19-8-10-21-31-27/h1-21,25H. The van der Waals surface area contributed by atoms with Crippen molar-refractivity contribution in [3.63, 3.8) is 0 Å². The highest BCUT2D eigenvalue weighted by atomic mass is 16.1. The zero-order chi connectivity index (χ0) is 21.8. The minimum absolute atomic E-state index is 0.0545. The molecule has 0 fully saturated rings. The first-order valence-corrected chi connectivity index (χ1v) is 10.7. The molecule has 3 heteroatoms. The smallest absolute Gasteiger partial charge is 0.172 e. The van der Waals surface area contributed by atoms with Crippen LogP contribution in [0.25, 0.3) is 5.57 Å². The first kappa shape index (κ1) is 19.8. The molecular weight excluding hydrogens is 392 g/mol. The molecule has 2 aromatic carbocycles. The normalized spacial score (nSPS) is 15.9. The minimum Gasteiger partial charge on any atom is -0.293 e. The second kappa shape index (κ2) is 8.56. The van der Waals surface area contributed by atoms with E-state index >= 15 is 0 Å². The number of pyridine rings is 2. The van der Waals surface area contributed by atoms with Gasteiger partial charge in [0, 0.05) is 18.0 Å². The summed E-state index contributed by atoms with van der Waals surface area (Å²) in [4.78, 5) is 23.6. The summed E-state index contributed by atoms with van der Waals surface area (Å²) in [5.74, 6) is -0.450. The molecule has 3 nitrogen and oxygen atoms in total. The van der Waals surface area contributed by atoms with Gasteiger partial charge in [-0.15, -0.1) is 0 Å². The summed E-state index contributed by atoms with van der Waals surface area (Å²) in [6, 6.07) is 31.6. The Hall–Kier alpha value is -4.11. The van der Waals surface area contributed by atoms with Crippen LogP contribution < -0.4 is 0 Å². The van der Waals surface area contributed by atoms with Crippen LogP contribution in [0.1, 0.15) is 22.5 Å². The highest BCUT2D eigenvalue weighted by Gasteiger charge is 2.49. The first-order valence-electron chi connectivity index (χ1n) is 10.7. The number of nitrogens with zero attached hydrogens (tertiary/aromatic N) is 2. The lowest BCUT2D eigenvalue weighted by molar-refractivity contribution is -0.117. The van der Waals surface area contributed by atoms with Gasteiger partial charge in [0.25, 0.3) is 0 Å².